The van der Waals surface area contributed by atoms with E-state index in [1.165, 1.54) is 36.4 Å². The number of amides is 1. The highest BCUT2D eigenvalue weighted by atomic mass is 19.1. The summed E-state index contributed by atoms with van der Waals surface area (Å²) in [5, 5.41) is 2.54. The molecule has 0 atom stereocenters. The van der Waals surface area contributed by atoms with Crippen LogP contribution in [0.2, 0.25) is 0 Å². The third-order valence-corrected chi connectivity index (χ3v) is 4.29. The van der Waals surface area contributed by atoms with Crippen molar-refractivity contribution in [2.75, 3.05) is 5.32 Å². The highest BCUT2D eigenvalue weighted by molar-refractivity contribution is 6.04. The normalized spacial score (nSPS) is 10.5. The minimum absolute atomic E-state index is 0.0941. The van der Waals surface area contributed by atoms with E-state index < -0.39 is 17.5 Å². The van der Waals surface area contributed by atoms with Gasteiger partial charge in [-0.1, -0.05) is 42.0 Å². The number of rotatable bonds is 6. The molecule has 0 aliphatic rings. The van der Waals surface area contributed by atoms with Crippen LogP contribution in [0, 0.1) is 18.6 Å². The number of halogens is 2. The van der Waals surface area contributed by atoms with E-state index in [9.17, 15) is 18.4 Å². The van der Waals surface area contributed by atoms with Gasteiger partial charge < -0.3 is 5.32 Å². The highest BCUT2D eigenvalue weighted by Crippen LogP contribution is 2.18. The van der Waals surface area contributed by atoms with Crippen LogP contribution in [0.4, 0.5) is 14.5 Å². The van der Waals surface area contributed by atoms with Gasteiger partial charge in [0.2, 0.25) is 0 Å². The third-order valence-electron chi connectivity index (χ3n) is 4.29. The number of anilines is 1. The molecule has 5 heteroatoms. The molecule has 0 saturated heterocycles. The van der Waals surface area contributed by atoms with Crippen molar-refractivity contribution in [1.29, 1.82) is 0 Å². The van der Waals surface area contributed by atoms with E-state index in [2.05, 4.69) is 5.32 Å². The van der Waals surface area contributed by atoms with Gasteiger partial charge in [-0.05, 0) is 48.4 Å². The summed E-state index contributed by atoms with van der Waals surface area (Å²) in [6.07, 6.45) is 0.107. The summed E-state index contributed by atoms with van der Waals surface area (Å²) in [7, 11) is 0. The molecule has 0 bridgehead atoms. The van der Waals surface area contributed by atoms with Gasteiger partial charge in [-0.25, -0.2) is 8.78 Å². The van der Waals surface area contributed by atoms with Crippen molar-refractivity contribution in [3.63, 3.8) is 0 Å². The van der Waals surface area contributed by atoms with Gasteiger partial charge in [0.15, 0.2) is 0 Å². The summed E-state index contributed by atoms with van der Waals surface area (Å²) in [4.78, 5) is 24.6. The molecule has 0 aliphatic heterocycles. The SMILES string of the molecule is Cc1cccc(CC(=O)Cc2cc(NC(=O)c3ccccc3F)ccc2F)c1. The number of nitrogens with one attached hydrogen (secondary N) is 1. The second-order valence-corrected chi connectivity index (χ2v) is 6.62. The Balaban J connectivity index is 1.71. The van der Waals surface area contributed by atoms with Gasteiger partial charge >= 0.3 is 0 Å². The van der Waals surface area contributed by atoms with Crippen molar-refractivity contribution in [1.82, 2.24) is 0 Å². The molecule has 1 N–H and O–H groups in total. The van der Waals surface area contributed by atoms with Crippen molar-refractivity contribution >= 4 is 17.4 Å². The summed E-state index contributed by atoms with van der Waals surface area (Å²) in [5.74, 6) is -1.94. The Morgan fingerprint density at radius 3 is 2.39 bits per heavy atom. The van der Waals surface area contributed by atoms with Crippen molar-refractivity contribution in [3.05, 3.63) is 101 Å². The lowest BCUT2D eigenvalue weighted by Gasteiger charge is -2.09. The van der Waals surface area contributed by atoms with E-state index in [0.717, 1.165) is 11.1 Å². The van der Waals surface area contributed by atoms with E-state index >= 15 is 0 Å². The Morgan fingerprint density at radius 1 is 0.857 bits per heavy atom. The fourth-order valence-electron chi connectivity index (χ4n) is 2.96. The molecule has 28 heavy (non-hydrogen) atoms. The van der Waals surface area contributed by atoms with Gasteiger partial charge in [0.05, 0.1) is 5.56 Å². The molecular weight excluding hydrogens is 360 g/mol. The molecule has 0 saturated carbocycles. The van der Waals surface area contributed by atoms with Crippen molar-refractivity contribution in [2.24, 2.45) is 0 Å². The van der Waals surface area contributed by atoms with Crippen LogP contribution in [0.1, 0.15) is 27.0 Å². The summed E-state index contributed by atoms with van der Waals surface area (Å²) in [5.41, 5.74) is 2.30. The van der Waals surface area contributed by atoms with E-state index in [4.69, 9.17) is 0 Å². The predicted octanol–water partition coefficient (Wildman–Crippen LogP) is 4.88. The van der Waals surface area contributed by atoms with Crippen LogP contribution in [-0.2, 0) is 17.6 Å². The molecule has 0 fully saturated rings. The van der Waals surface area contributed by atoms with E-state index in [-0.39, 0.29) is 29.8 Å². The minimum Gasteiger partial charge on any atom is -0.322 e. The Labute approximate surface area is 162 Å². The number of ketones is 1. The lowest BCUT2D eigenvalue weighted by molar-refractivity contribution is -0.117. The molecule has 3 nitrogen and oxygen atoms in total. The van der Waals surface area contributed by atoms with Gasteiger partial charge in [-0.3, -0.25) is 9.59 Å². The van der Waals surface area contributed by atoms with E-state index in [1.54, 1.807) is 6.07 Å². The van der Waals surface area contributed by atoms with Crippen LogP contribution in [0.3, 0.4) is 0 Å². The lowest BCUT2D eigenvalue weighted by Crippen LogP contribution is -2.14. The Hall–Kier alpha value is -3.34. The molecule has 1 amide bonds. The standard InChI is InChI=1S/C23H19F2NO2/c1-15-5-4-6-16(11-15)12-19(27)14-17-13-18(9-10-21(17)24)26-23(28)20-7-2-3-8-22(20)25/h2-11,13H,12,14H2,1H3,(H,26,28). The number of Topliss-reactive ketones (excluding diaryl/α,β-unsaturated/α-hetero) is 1. The van der Waals surface area contributed by atoms with E-state index in [0.29, 0.717) is 5.69 Å². The third kappa shape index (κ3) is 4.88. The summed E-state index contributed by atoms with van der Waals surface area (Å²) < 4.78 is 27.9. The molecule has 3 aromatic carbocycles. The number of carbonyl (C=O) groups excluding carboxylic acids is 2. The van der Waals surface area contributed by atoms with Crippen molar-refractivity contribution in [3.8, 4) is 0 Å². The number of benzene rings is 3. The quantitative estimate of drug-likeness (QED) is 0.664. The first-order chi connectivity index (χ1) is 13.4. The largest absolute Gasteiger partial charge is 0.322 e. The molecule has 142 valence electrons. The fraction of sp³-hybridized carbons (Fsp3) is 0.130. The molecule has 0 spiro atoms. The van der Waals surface area contributed by atoms with Crippen LogP contribution in [0.5, 0.6) is 0 Å². The maximum atomic E-state index is 14.1. The second-order valence-electron chi connectivity index (χ2n) is 6.62. The second kappa shape index (κ2) is 8.57. The molecule has 0 radical (unpaired) electrons. The topological polar surface area (TPSA) is 46.2 Å². The number of carbonyl (C=O) groups is 2. The van der Waals surface area contributed by atoms with Gasteiger partial charge in [0.25, 0.3) is 5.91 Å². The van der Waals surface area contributed by atoms with Crippen molar-refractivity contribution in [2.45, 2.75) is 19.8 Å². The fourth-order valence-corrected chi connectivity index (χ4v) is 2.96. The summed E-state index contributed by atoms with van der Waals surface area (Å²) in [6, 6.07) is 17.1. The maximum absolute atomic E-state index is 14.1. The first kappa shape index (κ1) is 19.4. The van der Waals surface area contributed by atoms with E-state index in [1.807, 2.05) is 31.2 Å². The van der Waals surface area contributed by atoms with Crippen LogP contribution < -0.4 is 5.32 Å². The Morgan fingerprint density at radius 2 is 1.64 bits per heavy atom. The van der Waals surface area contributed by atoms with Gasteiger partial charge in [-0.15, -0.1) is 0 Å². The first-order valence-corrected chi connectivity index (χ1v) is 8.84. The zero-order chi connectivity index (χ0) is 20.1. The Bertz CT molecular complexity index is 1030. The van der Waals surface area contributed by atoms with Crippen LogP contribution >= 0.6 is 0 Å². The van der Waals surface area contributed by atoms with Gasteiger partial charge in [0.1, 0.15) is 17.4 Å². The van der Waals surface area contributed by atoms with Crippen LogP contribution in [0.15, 0.2) is 66.7 Å². The molecule has 0 heterocycles. The first-order valence-electron chi connectivity index (χ1n) is 8.84. The van der Waals surface area contributed by atoms with Gasteiger partial charge in [-0.2, -0.15) is 0 Å². The molecular formula is C23H19F2NO2. The maximum Gasteiger partial charge on any atom is 0.258 e. The van der Waals surface area contributed by atoms with Crippen molar-refractivity contribution < 1.29 is 18.4 Å². The monoisotopic (exact) mass is 379 g/mol. The van der Waals surface area contributed by atoms with Gasteiger partial charge in [0, 0.05) is 18.5 Å². The van der Waals surface area contributed by atoms with Crippen LogP contribution in [0.25, 0.3) is 0 Å². The zero-order valence-electron chi connectivity index (χ0n) is 15.3. The highest BCUT2D eigenvalue weighted by Gasteiger charge is 2.14. The zero-order valence-corrected chi connectivity index (χ0v) is 15.3. The number of aryl methyl sites for hydroxylation is 1. The summed E-state index contributed by atoms with van der Waals surface area (Å²) >= 11 is 0. The Kier molecular flexibility index (Phi) is 5.94. The summed E-state index contributed by atoms with van der Waals surface area (Å²) in [6.45, 7) is 1.94. The molecule has 0 unspecified atom stereocenters. The number of hydrogen-bond donors (Lipinski definition) is 1. The average Bonchev–Trinajstić information content (AvgIpc) is 2.64. The number of hydrogen-bond acceptors (Lipinski definition) is 2. The molecule has 0 aliphatic carbocycles. The smallest absolute Gasteiger partial charge is 0.258 e. The minimum atomic E-state index is -0.643. The average molecular weight is 379 g/mol. The molecule has 3 rings (SSSR count). The lowest BCUT2D eigenvalue weighted by atomic mass is 10.0. The predicted molar refractivity (Wildman–Crippen MR) is 104 cm³/mol. The molecule has 0 aromatic heterocycles. The molecule has 3 aromatic rings. The van der Waals surface area contributed by atoms with Crippen LogP contribution in [-0.4, -0.2) is 11.7 Å².